The largest absolute Gasteiger partial charge is 0.737 e. The number of nitrogens with zero attached hydrogens (tertiary/aromatic N) is 3. The number of halogens is 2. The maximum Gasteiger partial charge on any atom is 0.737 e. The van der Waals surface area contributed by atoms with Gasteiger partial charge < -0.3 is 17.6 Å². The third kappa shape index (κ3) is 1.60. The summed E-state index contributed by atoms with van der Waals surface area (Å²) in [5.41, 5.74) is 2.44. The van der Waals surface area contributed by atoms with Crippen LogP contribution >= 0.6 is 0 Å². The van der Waals surface area contributed by atoms with Crippen molar-refractivity contribution in [1.29, 1.82) is 0 Å². The Balaban J connectivity index is 1.91. The van der Waals surface area contributed by atoms with Crippen LogP contribution < -0.4 is 0 Å². The minimum Gasteiger partial charge on any atom is -0.396 e. The van der Waals surface area contributed by atoms with E-state index >= 15 is 0 Å². The van der Waals surface area contributed by atoms with Crippen LogP contribution in [0.3, 0.4) is 0 Å². The Hall–Kier alpha value is -3.02. The summed E-state index contributed by atoms with van der Waals surface area (Å²) in [6.07, 6.45) is 7.98. The van der Waals surface area contributed by atoms with E-state index in [-0.39, 0.29) is 0 Å². The zero-order valence-corrected chi connectivity index (χ0v) is 12.6. The van der Waals surface area contributed by atoms with Crippen LogP contribution in [0.25, 0.3) is 16.3 Å². The van der Waals surface area contributed by atoms with Crippen molar-refractivity contribution in [2.45, 2.75) is 0 Å². The van der Waals surface area contributed by atoms with E-state index in [0.29, 0.717) is 11.4 Å². The SMILES string of the molecule is F[B-]1(F)n2cccc2C(c2nccc3ccccc23)=C2C=CC=[N+]21. The average Bonchev–Trinajstić information content (AvgIpc) is 3.25. The van der Waals surface area contributed by atoms with Gasteiger partial charge in [-0.05, 0) is 29.8 Å². The summed E-state index contributed by atoms with van der Waals surface area (Å²) >= 11 is 0. The van der Waals surface area contributed by atoms with Crippen LogP contribution in [-0.2, 0) is 0 Å². The first-order chi connectivity index (χ1) is 11.7. The molecule has 2 aliphatic rings. The van der Waals surface area contributed by atoms with Gasteiger partial charge in [-0.25, -0.2) is 0 Å². The number of hydrogen-bond acceptors (Lipinski definition) is 1. The third-order valence-electron chi connectivity index (χ3n) is 4.65. The Bertz CT molecular complexity index is 1090. The predicted octanol–water partition coefficient (Wildman–Crippen LogP) is 3.69. The second-order valence-electron chi connectivity index (χ2n) is 5.95. The summed E-state index contributed by atoms with van der Waals surface area (Å²) in [6, 6.07) is 13.2. The molecule has 4 heterocycles. The number of allylic oxidation sites excluding steroid dienone is 2. The Morgan fingerprint density at radius 1 is 1.04 bits per heavy atom. The summed E-state index contributed by atoms with van der Waals surface area (Å²) in [6.45, 7) is -3.88. The van der Waals surface area contributed by atoms with Crippen molar-refractivity contribution < 1.29 is 13.1 Å². The summed E-state index contributed by atoms with van der Waals surface area (Å²) < 4.78 is 31.8. The van der Waals surface area contributed by atoms with Crippen molar-refractivity contribution >= 4 is 29.5 Å². The lowest BCUT2D eigenvalue weighted by molar-refractivity contribution is -0.356. The van der Waals surface area contributed by atoms with E-state index in [2.05, 4.69) is 4.98 Å². The van der Waals surface area contributed by atoms with Gasteiger partial charge in [0.1, 0.15) is 6.21 Å². The van der Waals surface area contributed by atoms with Crippen molar-refractivity contribution in [2.24, 2.45) is 0 Å². The molecule has 1 aromatic carbocycles. The van der Waals surface area contributed by atoms with Gasteiger partial charge in [-0.1, -0.05) is 24.3 Å². The van der Waals surface area contributed by atoms with Gasteiger partial charge in [0.05, 0.1) is 11.3 Å². The number of benzene rings is 1. The second kappa shape index (κ2) is 4.51. The first-order valence-corrected chi connectivity index (χ1v) is 7.76. The van der Waals surface area contributed by atoms with Crippen LogP contribution in [0.1, 0.15) is 11.4 Å². The van der Waals surface area contributed by atoms with Crippen LogP contribution in [0.4, 0.5) is 8.63 Å². The minimum absolute atomic E-state index is 0.495. The van der Waals surface area contributed by atoms with Crippen molar-refractivity contribution in [2.75, 3.05) is 0 Å². The third-order valence-corrected chi connectivity index (χ3v) is 4.65. The summed E-state index contributed by atoms with van der Waals surface area (Å²) in [4.78, 5) is 4.53. The number of fused-ring (bicyclic) bond motifs is 3. The van der Waals surface area contributed by atoms with E-state index < -0.39 is 6.97 Å². The van der Waals surface area contributed by atoms with E-state index in [0.717, 1.165) is 31.0 Å². The zero-order chi connectivity index (χ0) is 16.3. The highest BCUT2D eigenvalue weighted by molar-refractivity contribution is 6.57. The molecule has 2 aromatic heterocycles. The van der Waals surface area contributed by atoms with Crippen molar-refractivity contribution in [1.82, 2.24) is 9.46 Å². The fraction of sp³-hybridized carbons (Fsp3) is 0. The molecular formula is C18H12BF2N3. The number of rotatable bonds is 1. The maximum atomic E-state index is 14.8. The minimum atomic E-state index is -3.88. The Labute approximate surface area is 136 Å². The van der Waals surface area contributed by atoms with Gasteiger partial charge in [-0.3, -0.25) is 4.98 Å². The van der Waals surface area contributed by atoms with Crippen LogP contribution in [0.15, 0.2) is 72.7 Å². The molecule has 0 unspecified atom stereocenters. The molecule has 3 aromatic rings. The topological polar surface area (TPSA) is 20.8 Å². The number of hydrogen-bond donors (Lipinski definition) is 0. The lowest BCUT2D eigenvalue weighted by atomic mass is 9.87. The Morgan fingerprint density at radius 2 is 1.92 bits per heavy atom. The molecule has 0 spiro atoms. The van der Waals surface area contributed by atoms with Crippen molar-refractivity contribution in [3.05, 3.63) is 84.1 Å². The van der Waals surface area contributed by atoms with E-state index in [1.54, 1.807) is 30.5 Å². The van der Waals surface area contributed by atoms with E-state index in [4.69, 9.17) is 0 Å². The predicted molar refractivity (Wildman–Crippen MR) is 91.0 cm³/mol. The molecule has 0 amide bonds. The highest BCUT2D eigenvalue weighted by Crippen LogP contribution is 2.39. The summed E-state index contributed by atoms with van der Waals surface area (Å²) in [7, 11) is 0. The van der Waals surface area contributed by atoms with E-state index in [1.165, 1.54) is 12.4 Å². The van der Waals surface area contributed by atoms with Gasteiger partial charge in [-0.2, -0.15) is 0 Å². The molecule has 3 nitrogen and oxygen atoms in total. The molecule has 5 rings (SSSR count). The molecular weight excluding hydrogens is 307 g/mol. The van der Waals surface area contributed by atoms with Gasteiger partial charge in [0.2, 0.25) is 0 Å². The van der Waals surface area contributed by atoms with Crippen LogP contribution in [0.5, 0.6) is 0 Å². The molecule has 116 valence electrons. The van der Waals surface area contributed by atoms with E-state index in [1.807, 2.05) is 30.3 Å². The first-order valence-electron chi connectivity index (χ1n) is 7.76. The standard InChI is InChI=1S/C18H12BF2N3/c20-19(21)23-11-3-7-15(23)17(16-8-4-12-24(16)19)18-14-6-2-1-5-13(14)9-10-22-18/h1-12H. The molecule has 0 saturated carbocycles. The van der Waals surface area contributed by atoms with Crippen molar-refractivity contribution in [3.63, 3.8) is 0 Å². The number of pyridine rings is 1. The fourth-order valence-electron chi connectivity index (χ4n) is 3.58. The van der Waals surface area contributed by atoms with Gasteiger partial charge in [-0.15, -0.1) is 0 Å². The molecule has 0 saturated heterocycles. The lowest BCUT2D eigenvalue weighted by Gasteiger charge is -2.30. The molecule has 0 bridgehead atoms. The van der Waals surface area contributed by atoms with Crippen LogP contribution in [0.2, 0.25) is 0 Å². The molecule has 2 aliphatic heterocycles. The first kappa shape index (κ1) is 13.4. The molecule has 0 radical (unpaired) electrons. The summed E-state index contributed by atoms with van der Waals surface area (Å²) in [5.74, 6) is 0. The van der Waals surface area contributed by atoms with Crippen LogP contribution in [-0.4, -0.2) is 27.1 Å². The Morgan fingerprint density at radius 3 is 2.83 bits per heavy atom. The van der Waals surface area contributed by atoms with Gasteiger partial charge >= 0.3 is 6.97 Å². The number of aromatic nitrogens is 2. The quantitative estimate of drug-likeness (QED) is 0.627. The smallest absolute Gasteiger partial charge is 0.396 e. The summed E-state index contributed by atoms with van der Waals surface area (Å²) in [5, 5.41) is 1.99. The van der Waals surface area contributed by atoms with Crippen molar-refractivity contribution in [3.8, 4) is 0 Å². The van der Waals surface area contributed by atoms with Gasteiger partial charge in [0, 0.05) is 29.4 Å². The van der Waals surface area contributed by atoms with Gasteiger partial charge in [0.15, 0.2) is 5.70 Å². The zero-order valence-electron chi connectivity index (χ0n) is 12.6. The average molecular weight is 319 g/mol. The highest BCUT2D eigenvalue weighted by atomic mass is 19.2. The molecule has 24 heavy (non-hydrogen) atoms. The van der Waals surface area contributed by atoms with Crippen LogP contribution in [0, 0.1) is 0 Å². The fourth-order valence-corrected chi connectivity index (χ4v) is 3.58. The lowest BCUT2D eigenvalue weighted by Crippen LogP contribution is -2.49. The maximum absolute atomic E-state index is 14.8. The Kier molecular flexibility index (Phi) is 2.52. The van der Waals surface area contributed by atoms with E-state index in [9.17, 15) is 8.63 Å². The molecule has 0 aliphatic carbocycles. The monoisotopic (exact) mass is 319 g/mol. The normalized spacial score (nSPS) is 17.8. The second-order valence-corrected chi connectivity index (χ2v) is 5.95. The molecule has 0 N–H and O–H groups in total. The molecule has 0 fully saturated rings. The highest BCUT2D eigenvalue weighted by Gasteiger charge is 2.51. The molecule has 0 atom stereocenters. The molecule has 6 heteroatoms. The van der Waals surface area contributed by atoms with Gasteiger partial charge in [0.25, 0.3) is 0 Å².